The number of pyridine rings is 1. The van der Waals surface area contributed by atoms with Crippen LogP contribution in [0.25, 0.3) is 16.9 Å². The van der Waals surface area contributed by atoms with E-state index in [1.807, 2.05) is 67.6 Å². The summed E-state index contributed by atoms with van der Waals surface area (Å²) in [5.41, 5.74) is 3.65. The maximum atomic E-state index is 11.9. The Morgan fingerprint density at radius 1 is 1.00 bits per heavy atom. The van der Waals surface area contributed by atoms with Gasteiger partial charge in [0.05, 0.1) is 0 Å². The quantitative estimate of drug-likeness (QED) is 0.368. The van der Waals surface area contributed by atoms with Crippen LogP contribution in [-0.4, -0.2) is 36.9 Å². The molecule has 134 valence electrons. The summed E-state index contributed by atoms with van der Waals surface area (Å²) in [6.07, 6.45) is 2.05. The van der Waals surface area contributed by atoms with Crippen molar-refractivity contribution in [3.8, 4) is 11.3 Å². The summed E-state index contributed by atoms with van der Waals surface area (Å²) in [7, 11) is 0. The molecule has 0 spiro atoms. The summed E-state index contributed by atoms with van der Waals surface area (Å²) >= 11 is 0.0408. The average molecular weight is 421 g/mol. The van der Waals surface area contributed by atoms with Crippen LogP contribution < -0.4 is 9.05 Å². The van der Waals surface area contributed by atoms with Crippen LogP contribution in [0.4, 0.5) is 0 Å². The van der Waals surface area contributed by atoms with Gasteiger partial charge in [-0.3, -0.25) is 0 Å². The molecule has 0 bridgehead atoms. The van der Waals surface area contributed by atoms with Crippen molar-refractivity contribution >= 4 is 35.6 Å². The number of esters is 1. The number of hydrogen-bond donors (Lipinski definition) is 0. The van der Waals surface area contributed by atoms with Crippen molar-refractivity contribution in [1.82, 2.24) is 9.38 Å². The number of carbonyl (C=O) groups excluding carboxylic acids is 1. The Hall–Kier alpha value is -2.88. The first-order valence-electron chi connectivity index (χ1n) is 8.74. The molecule has 0 saturated heterocycles. The summed E-state index contributed by atoms with van der Waals surface area (Å²) in [4.78, 5) is 16.7. The predicted octanol–water partition coefficient (Wildman–Crippen LogP) is 2.83. The van der Waals surface area contributed by atoms with E-state index in [1.165, 1.54) is 9.05 Å². The number of imidazole rings is 1. The van der Waals surface area contributed by atoms with Crippen molar-refractivity contribution in [3.63, 3.8) is 0 Å². The summed E-state index contributed by atoms with van der Waals surface area (Å²) in [6.45, 7) is 2.19. The minimum absolute atomic E-state index is 0.0408. The second kappa shape index (κ2) is 7.78. The van der Waals surface area contributed by atoms with E-state index in [2.05, 4.69) is 22.7 Å². The van der Waals surface area contributed by atoms with Crippen LogP contribution in [0.2, 0.25) is 0 Å². The van der Waals surface area contributed by atoms with Crippen LogP contribution in [0.1, 0.15) is 17.3 Å². The van der Waals surface area contributed by atoms with Crippen molar-refractivity contribution in [2.45, 2.75) is 6.92 Å². The molecule has 0 amide bonds. The van der Waals surface area contributed by atoms with Gasteiger partial charge in [0.25, 0.3) is 0 Å². The van der Waals surface area contributed by atoms with Crippen LogP contribution in [0.5, 0.6) is 0 Å². The third-order valence-electron chi connectivity index (χ3n) is 4.11. The fourth-order valence-corrected chi connectivity index (χ4v) is 4.96. The topological polar surface area (TPSA) is 43.6 Å². The molecule has 27 heavy (non-hydrogen) atoms. The zero-order valence-electron chi connectivity index (χ0n) is 14.8. The van der Waals surface area contributed by atoms with Gasteiger partial charge in [-0.1, -0.05) is 0 Å². The first-order valence-corrected chi connectivity index (χ1v) is 10.4. The first kappa shape index (κ1) is 17.5. The van der Waals surface area contributed by atoms with Gasteiger partial charge in [0.15, 0.2) is 0 Å². The summed E-state index contributed by atoms with van der Waals surface area (Å²) in [5.74, 6) is -0.281. The number of rotatable bonds is 5. The number of carbonyl (C=O) groups is 1. The molecule has 4 aromatic rings. The molecule has 5 heteroatoms. The van der Waals surface area contributed by atoms with Gasteiger partial charge in [0.1, 0.15) is 0 Å². The van der Waals surface area contributed by atoms with Crippen LogP contribution in [0.15, 0.2) is 79.0 Å². The van der Waals surface area contributed by atoms with Gasteiger partial charge in [-0.05, 0) is 0 Å². The Morgan fingerprint density at radius 3 is 2.48 bits per heavy atom. The van der Waals surface area contributed by atoms with E-state index in [4.69, 9.17) is 9.72 Å². The van der Waals surface area contributed by atoms with Gasteiger partial charge < -0.3 is 0 Å². The Bertz CT molecular complexity index is 1070. The zero-order chi connectivity index (χ0) is 18.6. The zero-order valence-corrected chi connectivity index (χ0v) is 16.5. The molecule has 0 aliphatic rings. The number of benzene rings is 2. The molecule has 0 radical (unpaired) electrons. The molecule has 2 aromatic carbocycles. The molecule has 2 aromatic heterocycles. The Balaban J connectivity index is 1.72. The molecule has 0 aliphatic heterocycles. The van der Waals surface area contributed by atoms with Crippen LogP contribution in [-0.2, 0) is 4.74 Å². The van der Waals surface area contributed by atoms with Gasteiger partial charge in [-0.15, -0.1) is 0 Å². The van der Waals surface area contributed by atoms with Crippen molar-refractivity contribution in [1.29, 1.82) is 0 Å². The van der Waals surface area contributed by atoms with Crippen LogP contribution >= 0.6 is 0 Å². The second-order valence-electron chi connectivity index (χ2n) is 5.91. The van der Waals surface area contributed by atoms with Crippen molar-refractivity contribution in [2.75, 3.05) is 6.61 Å². The van der Waals surface area contributed by atoms with Crippen LogP contribution in [0.3, 0.4) is 0 Å². The van der Waals surface area contributed by atoms with Crippen molar-refractivity contribution in [2.24, 2.45) is 0 Å². The number of hydrogen-bond acceptors (Lipinski definition) is 3. The van der Waals surface area contributed by atoms with E-state index in [0.29, 0.717) is 12.2 Å². The molecule has 0 saturated carbocycles. The van der Waals surface area contributed by atoms with Crippen molar-refractivity contribution in [3.05, 3.63) is 84.6 Å². The predicted molar refractivity (Wildman–Crippen MR) is 108 cm³/mol. The number of nitrogens with zero attached hydrogens (tertiary/aromatic N) is 2. The summed E-state index contributed by atoms with van der Waals surface area (Å²) in [5, 5.41) is 0. The fourth-order valence-electron chi connectivity index (χ4n) is 2.84. The second-order valence-corrected chi connectivity index (χ2v) is 8.14. The number of ether oxygens (including phenoxy) is 1. The monoisotopic (exact) mass is 422 g/mol. The molecule has 2 heterocycles. The van der Waals surface area contributed by atoms with Gasteiger partial charge in [-0.2, -0.15) is 0 Å². The third-order valence-corrected chi connectivity index (χ3v) is 6.40. The van der Waals surface area contributed by atoms with E-state index in [1.54, 1.807) is 0 Å². The minimum atomic E-state index is -0.281. The van der Waals surface area contributed by atoms with E-state index in [9.17, 15) is 4.79 Å². The maximum absolute atomic E-state index is 11.9. The number of aromatic nitrogens is 2. The molecule has 4 nitrogen and oxygen atoms in total. The summed E-state index contributed by atoms with van der Waals surface area (Å²) < 4.78 is 9.58. The van der Waals surface area contributed by atoms with Crippen LogP contribution in [0, 0.1) is 0 Å². The normalized spacial score (nSPS) is 10.9. The molecule has 0 atom stereocenters. The fraction of sp³-hybridized carbons (Fsp3) is 0.0909. The van der Waals surface area contributed by atoms with Gasteiger partial charge in [-0.25, -0.2) is 0 Å². The van der Waals surface area contributed by atoms with E-state index < -0.39 is 0 Å². The Kier molecular flexibility index (Phi) is 5.05. The first-order chi connectivity index (χ1) is 13.3. The van der Waals surface area contributed by atoms with Crippen molar-refractivity contribution < 1.29 is 9.53 Å². The Labute approximate surface area is 164 Å². The standard InChI is InChI=1S/C22H18N2O2Se/c1-2-26-22(25)17-11-13-18(14-12-17)27-21-20(16-8-4-3-5-9-16)23-19-10-6-7-15-24(19)21/h3-15H,2H2,1H3. The molecule has 0 unspecified atom stereocenters. The van der Waals surface area contributed by atoms with E-state index >= 15 is 0 Å². The van der Waals surface area contributed by atoms with E-state index in [-0.39, 0.29) is 20.9 Å². The molecular weight excluding hydrogens is 403 g/mol. The number of fused-ring (bicyclic) bond motifs is 1. The molecule has 4 rings (SSSR count). The van der Waals surface area contributed by atoms with Gasteiger partial charge >= 0.3 is 164 Å². The molecular formula is C22H18N2O2Se. The molecule has 0 aliphatic carbocycles. The molecule has 0 N–H and O–H groups in total. The van der Waals surface area contributed by atoms with Gasteiger partial charge in [0, 0.05) is 0 Å². The van der Waals surface area contributed by atoms with E-state index in [0.717, 1.165) is 16.9 Å². The van der Waals surface area contributed by atoms with Gasteiger partial charge in [0.2, 0.25) is 0 Å². The third kappa shape index (κ3) is 3.65. The Morgan fingerprint density at radius 2 is 1.74 bits per heavy atom. The average Bonchev–Trinajstić information content (AvgIpc) is 3.08. The SMILES string of the molecule is CCOC(=O)c1ccc([Se]c2c(-c3ccccc3)nc3ccccn23)cc1. The summed E-state index contributed by atoms with van der Waals surface area (Å²) in [6, 6.07) is 24.0. The molecule has 0 fully saturated rings.